The van der Waals surface area contributed by atoms with Gasteiger partial charge in [0.2, 0.25) is 0 Å². The first-order chi connectivity index (χ1) is 9.35. The van der Waals surface area contributed by atoms with E-state index in [1.54, 1.807) is 48.5 Å². The van der Waals surface area contributed by atoms with E-state index in [9.17, 15) is 9.81 Å². The van der Waals surface area contributed by atoms with Crippen molar-refractivity contribution in [3.8, 4) is 11.5 Å². The Morgan fingerprint density at radius 1 is 0.737 bits per heavy atom. The summed E-state index contributed by atoms with van der Waals surface area (Å²) in [6, 6.07) is 13.6. The molecule has 0 amide bonds. The van der Waals surface area contributed by atoms with Gasteiger partial charge in [0.1, 0.15) is 11.4 Å². The Bertz CT molecular complexity index is 537. The van der Waals surface area contributed by atoms with Crippen molar-refractivity contribution in [1.82, 2.24) is 0 Å². The molecule has 0 aliphatic rings. The van der Waals surface area contributed by atoms with Crippen molar-refractivity contribution in [3.63, 3.8) is 0 Å². The molecular weight excluding hydrogens is 248 g/mol. The van der Waals surface area contributed by atoms with Gasteiger partial charge in [0.25, 0.3) is 0 Å². The van der Waals surface area contributed by atoms with Crippen LogP contribution in [0.3, 0.4) is 0 Å². The lowest BCUT2D eigenvalue weighted by Crippen LogP contribution is -1.95. The zero-order valence-corrected chi connectivity index (χ0v) is 9.74. The van der Waals surface area contributed by atoms with E-state index in [0.717, 1.165) is 0 Å². The minimum absolute atomic E-state index is 0.405. The molecule has 0 radical (unpaired) electrons. The topological polar surface area (TPSA) is 92.2 Å². The molecule has 2 aromatic carbocycles. The minimum atomic E-state index is 0.405. The lowest BCUT2D eigenvalue weighted by atomic mass is 10.2. The van der Waals surface area contributed by atoms with Crippen molar-refractivity contribution in [1.29, 1.82) is 0 Å². The summed E-state index contributed by atoms with van der Waals surface area (Å²) in [7, 11) is 0. The Balaban J connectivity index is 2.30. The summed E-state index contributed by atoms with van der Waals surface area (Å²) in [5.74, 6) is 0.810. The van der Waals surface area contributed by atoms with Crippen LogP contribution in [0.15, 0.2) is 59.1 Å². The second-order valence-corrected chi connectivity index (χ2v) is 3.50. The second kappa shape index (κ2) is 6.10. The summed E-state index contributed by atoms with van der Waals surface area (Å²) in [6.07, 6.45) is 0. The van der Waals surface area contributed by atoms with Crippen LogP contribution >= 0.6 is 0 Å². The Kier molecular flexibility index (Phi) is 4.01. The molecule has 0 aromatic heterocycles. The average molecular weight is 258 g/mol. The first-order valence-corrected chi connectivity index (χ1v) is 5.38. The van der Waals surface area contributed by atoms with Crippen LogP contribution in [-0.2, 0) is 0 Å². The van der Waals surface area contributed by atoms with Crippen LogP contribution in [0.1, 0.15) is 0 Å². The molecule has 0 saturated heterocycles. The first-order valence-electron chi connectivity index (χ1n) is 5.38. The van der Waals surface area contributed by atoms with Gasteiger partial charge in [0, 0.05) is 0 Å². The molecule has 7 heteroatoms. The van der Waals surface area contributed by atoms with E-state index < -0.39 is 0 Å². The van der Waals surface area contributed by atoms with Crippen LogP contribution in [0.25, 0.3) is 0 Å². The van der Waals surface area contributed by atoms with Crippen LogP contribution in [0.2, 0.25) is 0 Å². The third kappa shape index (κ3) is 3.03. The predicted octanol–water partition coefficient (Wildman–Crippen LogP) is 3.67. The summed E-state index contributed by atoms with van der Waals surface area (Å²) in [6.45, 7) is 0. The molecule has 0 bridgehead atoms. The Labute approximate surface area is 108 Å². The van der Waals surface area contributed by atoms with Crippen molar-refractivity contribution in [2.45, 2.75) is 0 Å². The van der Waals surface area contributed by atoms with Crippen molar-refractivity contribution in [2.75, 3.05) is 10.9 Å². The summed E-state index contributed by atoms with van der Waals surface area (Å²) in [5.41, 5.74) is 5.42. The highest BCUT2D eigenvalue weighted by Crippen LogP contribution is 2.33. The number of hydrogen-bond acceptors (Lipinski definition) is 5. The van der Waals surface area contributed by atoms with Crippen LogP contribution in [0.5, 0.6) is 11.5 Å². The standard InChI is InChI=1S/C12H10N4O3/c17-15-13-9-5-1-3-7-11(9)19-12-8-4-2-6-10(12)14-16-18/h1-8H,(H,13,17)(H,14,18). The quantitative estimate of drug-likeness (QED) is 0.609. The molecule has 96 valence electrons. The molecule has 0 atom stereocenters. The monoisotopic (exact) mass is 258 g/mol. The Hall–Kier alpha value is -2.96. The van der Waals surface area contributed by atoms with E-state index >= 15 is 0 Å². The van der Waals surface area contributed by atoms with Crippen molar-refractivity contribution in [3.05, 3.63) is 58.3 Å². The fourth-order valence-electron chi connectivity index (χ4n) is 1.51. The molecule has 2 rings (SSSR count). The molecule has 7 nitrogen and oxygen atoms in total. The number of para-hydroxylation sites is 4. The molecule has 0 spiro atoms. The average Bonchev–Trinajstić information content (AvgIpc) is 2.44. The van der Waals surface area contributed by atoms with E-state index in [2.05, 4.69) is 21.4 Å². The highest BCUT2D eigenvalue weighted by Gasteiger charge is 2.07. The smallest absolute Gasteiger partial charge is 0.152 e. The molecule has 19 heavy (non-hydrogen) atoms. The second-order valence-electron chi connectivity index (χ2n) is 3.50. The fraction of sp³-hybridized carbons (Fsp3) is 0. The molecule has 0 unspecified atom stereocenters. The molecule has 2 N–H and O–H groups in total. The van der Waals surface area contributed by atoms with Gasteiger partial charge in [-0.1, -0.05) is 24.3 Å². The van der Waals surface area contributed by atoms with Gasteiger partial charge in [-0.3, -0.25) is 0 Å². The van der Waals surface area contributed by atoms with Crippen molar-refractivity contribution >= 4 is 11.4 Å². The molecule has 0 aliphatic heterocycles. The van der Waals surface area contributed by atoms with Crippen molar-refractivity contribution < 1.29 is 4.74 Å². The zero-order valence-electron chi connectivity index (χ0n) is 9.74. The maximum Gasteiger partial charge on any atom is 0.152 e. The largest absolute Gasteiger partial charge is 0.453 e. The Morgan fingerprint density at radius 3 is 1.58 bits per heavy atom. The van der Waals surface area contributed by atoms with E-state index in [1.165, 1.54) is 0 Å². The lowest BCUT2D eigenvalue weighted by Gasteiger charge is -2.11. The van der Waals surface area contributed by atoms with E-state index in [4.69, 9.17) is 4.74 Å². The number of nitrogens with zero attached hydrogens (tertiary/aromatic N) is 2. The van der Waals surface area contributed by atoms with Gasteiger partial charge < -0.3 is 4.74 Å². The number of nitroso groups, excluding NO2 is 2. The van der Waals surface area contributed by atoms with Gasteiger partial charge in [0.15, 0.2) is 11.5 Å². The Morgan fingerprint density at radius 2 is 1.16 bits per heavy atom. The maximum absolute atomic E-state index is 10.3. The van der Waals surface area contributed by atoms with Crippen LogP contribution in [0, 0.1) is 9.81 Å². The van der Waals surface area contributed by atoms with E-state index in [-0.39, 0.29) is 0 Å². The van der Waals surface area contributed by atoms with Gasteiger partial charge in [0.05, 0.1) is 10.6 Å². The predicted molar refractivity (Wildman–Crippen MR) is 71.8 cm³/mol. The van der Waals surface area contributed by atoms with E-state index in [0.29, 0.717) is 22.9 Å². The maximum atomic E-state index is 10.3. The van der Waals surface area contributed by atoms with Gasteiger partial charge in [-0.2, -0.15) is 0 Å². The van der Waals surface area contributed by atoms with Gasteiger partial charge in [-0.05, 0) is 24.3 Å². The third-order valence-electron chi connectivity index (χ3n) is 2.33. The van der Waals surface area contributed by atoms with Crippen LogP contribution in [-0.4, -0.2) is 0 Å². The number of anilines is 2. The lowest BCUT2D eigenvalue weighted by molar-refractivity contribution is 0.486. The number of ether oxygens (including phenoxy) is 1. The SMILES string of the molecule is O=NNc1ccccc1Oc1ccccc1NN=O. The molecule has 0 saturated carbocycles. The number of nitrogens with one attached hydrogen (secondary N) is 2. The molecule has 0 heterocycles. The summed E-state index contributed by atoms with van der Waals surface area (Å²) < 4.78 is 5.62. The molecular formula is C12H10N4O3. The first kappa shape index (κ1) is 12.5. The van der Waals surface area contributed by atoms with Gasteiger partial charge in [-0.25, -0.2) is 10.9 Å². The molecule has 0 fully saturated rings. The van der Waals surface area contributed by atoms with Crippen molar-refractivity contribution in [2.24, 2.45) is 10.6 Å². The van der Waals surface area contributed by atoms with Crippen LogP contribution in [0.4, 0.5) is 11.4 Å². The number of hydrogen-bond donors (Lipinski definition) is 2. The summed E-state index contributed by atoms with van der Waals surface area (Å²) in [5, 5.41) is 5.21. The normalized spacial score (nSPS) is 9.47. The highest BCUT2D eigenvalue weighted by molar-refractivity contribution is 5.61. The van der Waals surface area contributed by atoms with Crippen LogP contribution < -0.4 is 15.6 Å². The fourth-order valence-corrected chi connectivity index (χ4v) is 1.51. The molecule has 0 aliphatic carbocycles. The zero-order chi connectivity index (χ0) is 13.5. The number of benzene rings is 2. The summed E-state index contributed by atoms with van der Waals surface area (Å²) >= 11 is 0. The van der Waals surface area contributed by atoms with Gasteiger partial charge >= 0.3 is 0 Å². The third-order valence-corrected chi connectivity index (χ3v) is 2.33. The summed E-state index contributed by atoms with van der Waals surface area (Å²) in [4.78, 5) is 20.5. The minimum Gasteiger partial charge on any atom is -0.453 e. The van der Waals surface area contributed by atoms with Gasteiger partial charge in [-0.15, -0.1) is 9.81 Å². The number of rotatable bonds is 6. The van der Waals surface area contributed by atoms with E-state index in [1.807, 2.05) is 0 Å². The molecule has 2 aromatic rings. The highest BCUT2D eigenvalue weighted by atomic mass is 16.5.